The van der Waals surface area contributed by atoms with E-state index in [2.05, 4.69) is 11.4 Å². The Balaban J connectivity index is 2.41. The zero-order chi connectivity index (χ0) is 19.8. The van der Waals surface area contributed by atoms with E-state index in [0.717, 1.165) is 0 Å². The maximum absolute atomic E-state index is 13.1. The molecule has 2 aromatic rings. The van der Waals surface area contributed by atoms with Crippen molar-refractivity contribution in [3.8, 4) is 23.3 Å². The molecular formula is C19H22N2O5S. The van der Waals surface area contributed by atoms with Crippen LogP contribution in [0.4, 0.5) is 5.69 Å². The number of hydrogen-bond acceptors (Lipinski definition) is 7. The molecule has 0 aliphatic carbocycles. The molecule has 2 aromatic carbocycles. The second-order valence-corrected chi connectivity index (χ2v) is 6.85. The number of nitrogens with zero attached hydrogens (tertiary/aromatic N) is 1. The second-order valence-electron chi connectivity index (χ2n) is 5.37. The van der Waals surface area contributed by atoms with E-state index in [0.29, 0.717) is 51.4 Å². The molecule has 1 unspecified atom stereocenters. The summed E-state index contributed by atoms with van der Waals surface area (Å²) in [6, 6.07) is 10.4. The monoisotopic (exact) mass is 390 g/mol. The Morgan fingerprint density at radius 2 is 1.67 bits per heavy atom. The van der Waals surface area contributed by atoms with Gasteiger partial charge in [-0.25, -0.2) is 0 Å². The molecule has 0 heterocycles. The highest BCUT2D eigenvalue weighted by Crippen LogP contribution is 2.40. The van der Waals surface area contributed by atoms with Crippen LogP contribution in [0.5, 0.6) is 17.2 Å². The van der Waals surface area contributed by atoms with Gasteiger partial charge in [-0.05, 0) is 12.1 Å². The average molecular weight is 390 g/mol. The first-order chi connectivity index (χ1) is 13.1. The minimum Gasteiger partial charge on any atom is -0.606 e. The molecule has 2 rings (SSSR count). The summed E-state index contributed by atoms with van der Waals surface area (Å²) < 4.78 is 34.0. The van der Waals surface area contributed by atoms with Gasteiger partial charge in [0.2, 0.25) is 5.75 Å². The van der Waals surface area contributed by atoms with Gasteiger partial charge in [0.1, 0.15) is 6.07 Å². The van der Waals surface area contributed by atoms with Crippen molar-refractivity contribution >= 4 is 16.9 Å². The molecule has 0 amide bonds. The summed E-state index contributed by atoms with van der Waals surface area (Å²) in [6.07, 6.45) is 0. The molecule has 0 aromatic heterocycles. The Bertz CT molecular complexity index is 797. The fraction of sp³-hybridized carbons (Fsp3) is 0.316. The molecule has 27 heavy (non-hydrogen) atoms. The van der Waals surface area contributed by atoms with Gasteiger partial charge in [0, 0.05) is 43.0 Å². The highest BCUT2D eigenvalue weighted by molar-refractivity contribution is 7.91. The zero-order valence-electron chi connectivity index (χ0n) is 15.7. The van der Waals surface area contributed by atoms with Gasteiger partial charge in [0.25, 0.3) is 0 Å². The number of methoxy groups -OCH3 is 4. The van der Waals surface area contributed by atoms with Gasteiger partial charge in [0.05, 0.1) is 39.2 Å². The Labute approximate surface area is 162 Å². The molecule has 0 bridgehead atoms. The van der Waals surface area contributed by atoms with Crippen LogP contribution in [-0.2, 0) is 15.9 Å². The van der Waals surface area contributed by atoms with Crippen LogP contribution >= 0.6 is 0 Å². The van der Waals surface area contributed by atoms with E-state index in [4.69, 9.17) is 18.9 Å². The molecule has 0 fully saturated rings. The number of hydrogen-bond donors (Lipinski definition) is 1. The van der Waals surface area contributed by atoms with Crippen LogP contribution in [0.3, 0.4) is 0 Å². The summed E-state index contributed by atoms with van der Waals surface area (Å²) in [5.74, 6) is 1.28. The van der Waals surface area contributed by atoms with Crippen LogP contribution in [0.1, 0.15) is 5.56 Å². The van der Waals surface area contributed by atoms with E-state index in [1.807, 2.05) is 0 Å². The minimum atomic E-state index is -1.50. The van der Waals surface area contributed by atoms with Crippen LogP contribution in [0, 0.1) is 11.3 Å². The first kappa shape index (κ1) is 20.7. The standard InChI is InChI=1S/C19H22N2O5S/c1-23-8-7-21-16-9-14(6-5-13(16)12-20)27(22)15-10-17(24-2)19(26-4)18(11-15)25-3/h5-6,9-11,21H,7-8H2,1-4H3. The molecule has 0 aliphatic heterocycles. The van der Waals surface area contributed by atoms with Crippen molar-refractivity contribution in [1.82, 2.24) is 0 Å². The van der Waals surface area contributed by atoms with E-state index in [-0.39, 0.29) is 0 Å². The largest absolute Gasteiger partial charge is 0.606 e. The SMILES string of the molecule is COCCNc1cc([S+]([O-])c2cc(OC)c(OC)c(OC)c2)ccc1C#N. The molecule has 0 aliphatic rings. The minimum absolute atomic E-state index is 0.423. The number of rotatable bonds is 9. The average Bonchev–Trinajstić information content (AvgIpc) is 2.72. The van der Waals surface area contributed by atoms with Crippen molar-refractivity contribution in [3.05, 3.63) is 35.9 Å². The third-order valence-electron chi connectivity index (χ3n) is 3.80. The number of anilines is 1. The molecule has 8 heteroatoms. The van der Waals surface area contributed by atoms with Crippen LogP contribution in [0.25, 0.3) is 0 Å². The van der Waals surface area contributed by atoms with Crippen molar-refractivity contribution in [2.24, 2.45) is 0 Å². The van der Waals surface area contributed by atoms with Crippen molar-refractivity contribution < 1.29 is 23.5 Å². The molecule has 144 valence electrons. The lowest BCUT2D eigenvalue weighted by Gasteiger charge is -2.16. The first-order valence-electron chi connectivity index (χ1n) is 8.08. The van der Waals surface area contributed by atoms with Crippen LogP contribution < -0.4 is 19.5 Å². The van der Waals surface area contributed by atoms with Crippen LogP contribution in [0.15, 0.2) is 40.1 Å². The summed E-state index contributed by atoms with van der Waals surface area (Å²) in [5.41, 5.74) is 1.07. The highest BCUT2D eigenvalue weighted by Gasteiger charge is 2.23. The van der Waals surface area contributed by atoms with Gasteiger partial charge >= 0.3 is 0 Å². The summed E-state index contributed by atoms with van der Waals surface area (Å²) in [7, 11) is 6.12. The molecule has 0 spiro atoms. The van der Waals surface area contributed by atoms with E-state index in [9.17, 15) is 9.81 Å². The van der Waals surface area contributed by atoms with E-state index < -0.39 is 11.2 Å². The lowest BCUT2D eigenvalue weighted by molar-refractivity contribution is 0.211. The van der Waals surface area contributed by atoms with E-state index in [1.54, 1.807) is 37.4 Å². The molecule has 1 atom stereocenters. The predicted octanol–water partition coefficient (Wildman–Crippen LogP) is 2.81. The molecular weight excluding hydrogens is 368 g/mol. The van der Waals surface area contributed by atoms with Gasteiger partial charge in [-0.2, -0.15) is 5.26 Å². The Morgan fingerprint density at radius 3 is 2.19 bits per heavy atom. The highest BCUT2D eigenvalue weighted by atomic mass is 32.2. The van der Waals surface area contributed by atoms with Crippen molar-refractivity contribution in [1.29, 1.82) is 5.26 Å². The van der Waals surface area contributed by atoms with Crippen molar-refractivity contribution in [2.75, 3.05) is 46.9 Å². The number of ether oxygens (including phenoxy) is 4. The number of benzene rings is 2. The number of nitrogens with one attached hydrogen (secondary N) is 1. The normalized spacial score (nSPS) is 11.4. The van der Waals surface area contributed by atoms with Gasteiger partial charge < -0.3 is 28.8 Å². The van der Waals surface area contributed by atoms with Crippen molar-refractivity contribution in [2.45, 2.75) is 9.79 Å². The Hall–Kier alpha value is -2.60. The summed E-state index contributed by atoms with van der Waals surface area (Å²) in [5, 5.41) is 12.4. The topological polar surface area (TPSA) is 95.8 Å². The van der Waals surface area contributed by atoms with E-state index in [1.165, 1.54) is 21.3 Å². The summed E-state index contributed by atoms with van der Waals surface area (Å²) >= 11 is -1.50. The summed E-state index contributed by atoms with van der Waals surface area (Å²) in [6.45, 7) is 1.02. The third kappa shape index (κ3) is 4.77. The number of nitriles is 1. The maximum atomic E-state index is 13.1. The van der Waals surface area contributed by atoms with Crippen LogP contribution in [-0.4, -0.2) is 46.1 Å². The predicted molar refractivity (Wildman–Crippen MR) is 102 cm³/mol. The lowest BCUT2D eigenvalue weighted by Crippen LogP contribution is -2.10. The zero-order valence-corrected chi connectivity index (χ0v) is 16.5. The summed E-state index contributed by atoms with van der Waals surface area (Å²) in [4.78, 5) is 1.04. The van der Waals surface area contributed by atoms with Gasteiger partial charge in [-0.3, -0.25) is 0 Å². The fourth-order valence-electron chi connectivity index (χ4n) is 2.47. The molecule has 0 radical (unpaired) electrons. The maximum Gasteiger partial charge on any atom is 0.203 e. The molecule has 7 nitrogen and oxygen atoms in total. The Kier molecular flexibility index (Phi) is 7.61. The van der Waals surface area contributed by atoms with Crippen molar-refractivity contribution in [3.63, 3.8) is 0 Å². The smallest absolute Gasteiger partial charge is 0.203 e. The van der Waals surface area contributed by atoms with Gasteiger partial charge in [-0.1, -0.05) is 0 Å². The quantitative estimate of drug-likeness (QED) is 0.519. The molecule has 0 saturated carbocycles. The van der Waals surface area contributed by atoms with Gasteiger partial charge in [0.15, 0.2) is 21.3 Å². The first-order valence-corrected chi connectivity index (χ1v) is 9.23. The van der Waals surface area contributed by atoms with Crippen LogP contribution in [0.2, 0.25) is 0 Å². The second kappa shape index (κ2) is 9.92. The lowest BCUT2D eigenvalue weighted by atomic mass is 10.2. The van der Waals surface area contributed by atoms with E-state index >= 15 is 0 Å². The third-order valence-corrected chi connectivity index (χ3v) is 5.15. The van der Waals surface area contributed by atoms with Gasteiger partial charge in [-0.15, -0.1) is 0 Å². The molecule has 0 saturated heterocycles. The Morgan fingerprint density at radius 1 is 1.00 bits per heavy atom. The fourth-order valence-corrected chi connectivity index (χ4v) is 3.59. The molecule has 1 N–H and O–H groups in total.